The van der Waals surface area contributed by atoms with Crippen molar-refractivity contribution in [3.8, 4) is 5.75 Å². The Hall–Kier alpha value is -1.10. The Balaban J connectivity index is 1.62. The Morgan fingerprint density at radius 2 is 1.95 bits per heavy atom. The third-order valence-electron chi connectivity index (χ3n) is 3.37. The van der Waals surface area contributed by atoms with E-state index in [2.05, 4.69) is 39.8 Å². The van der Waals surface area contributed by atoms with Gasteiger partial charge >= 0.3 is 0 Å². The molecule has 0 amide bonds. The Labute approximate surface area is 116 Å². The summed E-state index contributed by atoms with van der Waals surface area (Å²) in [7, 11) is 0. The molecule has 0 atom stereocenters. The second-order valence-electron chi connectivity index (χ2n) is 4.85. The summed E-state index contributed by atoms with van der Waals surface area (Å²) in [4.78, 5) is 2.45. The van der Waals surface area contributed by atoms with Gasteiger partial charge in [-0.2, -0.15) is 0 Å². The van der Waals surface area contributed by atoms with E-state index in [1.165, 1.54) is 5.56 Å². The van der Waals surface area contributed by atoms with Crippen LogP contribution in [0.4, 0.5) is 0 Å². The average Bonchev–Trinajstić information content (AvgIpc) is 2.47. The highest BCUT2D eigenvalue weighted by Crippen LogP contribution is 2.12. The number of hydrogen-bond donors (Lipinski definition) is 2. The molecule has 0 spiro atoms. The van der Waals surface area contributed by atoms with Gasteiger partial charge in [-0.1, -0.05) is 12.1 Å². The number of ether oxygens (including phenoxy) is 1. The van der Waals surface area contributed by atoms with Gasteiger partial charge in [-0.15, -0.1) is 0 Å². The minimum atomic E-state index is 0.728. The summed E-state index contributed by atoms with van der Waals surface area (Å²) in [6, 6.07) is 8.40. The highest BCUT2D eigenvalue weighted by Gasteiger charge is 2.07. The van der Waals surface area contributed by atoms with Crippen LogP contribution in [-0.4, -0.2) is 50.9 Å². The predicted molar refractivity (Wildman–Crippen MR) is 78.6 cm³/mol. The standard InChI is InChI=1S/C15H25N3O/c1-2-19-15-5-3-14(4-6-15)7-8-17-13-18-11-9-16-10-12-18/h3-6,16-17H,2,7-13H2,1H3. The fourth-order valence-corrected chi connectivity index (χ4v) is 2.26. The average molecular weight is 263 g/mol. The summed E-state index contributed by atoms with van der Waals surface area (Å²) in [5.41, 5.74) is 1.36. The molecule has 0 bridgehead atoms. The van der Waals surface area contributed by atoms with Crippen LogP contribution >= 0.6 is 0 Å². The molecule has 2 rings (SSSR count). The lowest BCUT2D eigenvalue weighted by atomic mass is 10.1. The third-order valence-corrected chi connectivity index (χ3v) is 3.37. The van der Waals surface area contributed by atoms with Gasteiger partial charge in [0, 0.05) is 39.4 Å². The van der Waals surface area contributed by atoms with Gasteiger partial charge < -0.3 is 15.4 Å². The van der Waals surface area contributed by atoms with Crippen molar-refractivity contribution in [2.24, 2.45) is 0 Å². The largest absolute Gasteiger partial charge is 0.494 e. The number of benzene rings is 1. The molecule has 19 heavy (non-hydrogen) atoms. The summed E-state index contributed by atoms with van der Waals surface area (Å²) in [5.74, 6) is 0.958. The van der Waals surface area contributed by atoms with Crippen LogP contribution in [0.3, 0.4) is 0 Å². The van der Waals surface area contributed by atoms with Gasteiger partial charge in [0.1, 0.15) is 5.75 Å². The zero-order valence-electron chi connectivity index (χ0n) is 11.8. The van der Waals surface area contributed by atoms with Gasteiger partial charge in [-0.25, -0.2) is 0 Å². The molecular weight excluding hydrogens is 238 g/mol. The molecule has 0 radical (unpaired) electrons. The normalized spacial score (nSPS) is 16.5. The highest BCUT2D eigenvalue weighted by atomic mass is 16.5. The maximum atomic E-state index is 5.44. The molecule has 4 heteroatoms. The maximum absolute atomic E-state index is 5.44. The number of piperazine rings is 1. The predicted octanol–water partition coefficient (Wildman–Crippen LogP) is 1.08. The zero-order valence-corrected chi connectivity index (χ0v) is 11.8. The first-order valence-corrected chi connectivity index (χ1v) is 7.24. The van der Waals surface area contributed by atoms with Gasteiger partial charge in [-0.05, 0) is 31.0 Å². The molecule has 0 saturated carbocycles. The first-order chi connectivity index (χ1) is 9.38. The molecule has 0 aliphatic carbocycles. The smallest absolute Gasteiger partial charge is 0.119 e. The lowest BCUT2D eigenvalue weighted by Crippen LogP contribution is -2.47. The summed E-state index contributed by atoms with van der Waals surface area (Å²) < 4.78 is 5.44. The number of nitrogens with zero attached hydrogens (tertiary/aromatic N) is 1. The van der Waals surface area contributed by atoms with Gasteiger partial charge in [0.25, 0.3) is 0 Å². The van der Waals surface area contributed by atoms with Gasteiger partial charge in [-0.3, -0.25) is 4.90 Å². The Morgan fingerprint density at radius 3 is 2.63 bits per heavy atom. The van der Waals surface area contributed by atoms with Gasteiger partial charge in [0.2, 0.25) is 0 Å². The van der Waals surface area contributed by atoms with Gasteiger partial charge in [0.05, 0.1) is 6.61 Å². The monoisotopic (exact) mass is 263 g/mol. The lowest BCUT2D eigenvalue weighted by Gasteiger charge is -2.27. The van der Waals surface area contributed by atoms with Crippen LogP contribution in [0.15, 0.2) is 24.3 Å². The first-order valence-electron chi connectivity index (χ1n) is 7.24. The van der Waals surface area contributed by atoms with Crippen LogP contribution in [0, 0.1) is 0 Å². The summed E-state index contributed by atoms with van der Waals surface area (Å²) in [5, 5.41) is 6.88. The van der Waals surface area contributed by atoms with Crippen LogP contribution in [-0.2, 0) is 6.42 Å². The topological polar surface area (TPSA) is 36.5 Å². The molecule has 1 aromatic rings. The van der Waals surface area contributed by atoms with E-state index in [0.29, 0.717) is 0 Å². The summed E-state index contributed by atoms with van der Waals surface area (Å²) in [6.45, 7) is 9.28. The van der Waals surface area contributed by atoms with Crippen molar-refractivity contribution in [1.29, 1.82) is 0 Å². The second-order valence-corrected chi connectivity index (χ2v) is 4.85. The molecule has 1 saturated heterocycles. The van der Waals surface area contributed by atoms with E-state index in [4.69, 9.17) is 4.74 Å². The van der Waals surface area contributed by atoms with E-state index in [9.17, 15) is 0 Å². The van der Waals surface area contributed by atoms with Crippen molar-refractivity contribution in [3.63, 3.8) is 0 Å². The van der Waals surface area contributed by atoms with Crippen LogP contribution in [0.25, 0.3) is 0 Å². The van der Waals surface area contributed by atoms with Crippen molar-refractivity contribution in [3.05, 3.63) is 29.8 Å². The number of rotatable bonds is 7. The van der Waals surface area contributed by atoms with Crippen molar-refractivity contribution < 1.29 is 4.74 Å². The lowest BCUT2D eigenvalue weighted by molar-refractivity contribution is 0.224. The molecule has 1 aliphatic heterocycles. The fourth-order valence-electron chi connectivity index (χ4n) is 2.26. The first kappa shape index (κ1) is 14.3. The van der Waals surface area contributed by atoms with E-state index in [1.54, 1.807) is 0 Å². The summed E-state index contributed by atoms with van der Waals surface area (Å²) in [6.07, 6.45) is 1.07. The van der Waals surface area contributed by atoms with Crippen molar-refractivity contribution in [1.82, 2.24) is 15.5 Å². The SMILES string of the molecule is CCOc1ccc(CCNCN2CCNCC2)cc1. The van der Waals surface area contributed by atoms with Crippen molar-refractivity contribution in [2.75, 3.05) is 46.0 Å². The molecule has 1 aliphatic rings. The molecule has 4 nitrogen and oxygen atoms in total. The van der Waals surface area contributed by atoms with Crippen LogP contribution in [0.2, 0.25) is 0 Å². The van der Waals surface area contributed by atoms with Crippen molar-refractivity contribution >= 4 is 0 Å². The van der Waals surface area contributed by atoms with Gasteiger partial charge in [0.15, 0.2) is 0 Å². The Morgan fingerprint density at radius 1 is 1.21 bits per heavy atom. The van der Waals surface area contributed by atoms with Crippen LogP contribution in [0.1, 0.15) is 12.5 Å². The fraction of sp³-hybridized carbons (Fsp3) is 0.600. The highest BCUT2D eigenvalue weighted by molar-refractivity contribution is 5.27. The zero-order chi connectivity index (χ0) is 13.3. The van der Waals surface area contributed by atoms with E-state index < -0.39 is 0 Å². The molecule has 1 fully saturated rings. The molecule has 1 aromatic carbocycles. The van der Waals surface area contributed by atoms with E-state index >= 15 is 0 Å². The van der Waals surface area contributed by atoms with Crippen LogP contribution < -0.4 is 15.4 Å². The van der Waals surface area contributed by atoms with E-state index in [1.807, 2.05) is 6.92 Å². The third kappa shape index (κ3) is 5.19. The molecule has 1 heterocycles. The summed E-state index contributed by atoms with van der Waals surface area (Å²) >= 11 is 0. The maximum Gasteiger partial charge on any atom is 0.119 e. The quantitative estimate of drug-likeness (QED) is 0.722. The minimum absolute atomic E-state index is 0.728. The number of nitrogens with one attached hydrogen (secondary N) is 2. The van der Waals surface area contributed by atoms with Crippen molar-refractivity contribution in [2.45, 2.75) is 13.3 Å². The second kappa shape index (κ2) is 8.15. The molecular formula is C15H25N3O. The Bertz CT molecular complexity index is 347. The Kier molecular flexibility index (Phi) is 6.14. The molecule has 0 aromatic heterocycles. The van der Waals surface area contributed by atoms with E-state index in [-0.39, 0.29) is 0 Å². The molecule has 2 N–H and O–H groups in total. The molecule has 0 unspecified atom stereocenters. The van der Waals surface area contributed by atoms with Crippen LogP contribution in [0.5, 0.6) is 5.75 Å². The molecule has 106 valence electrons. The number of hydrogen-bond acceptors (Lipinski definition) is 4. The minimum Gasteiger partial charge on any atom is -0.494 e. The van der Waals surface area contributed by atoms with E-state index in [0.717, 1.165) is 58.2 Å².